The highest BCUT2D eigenvalue weighted by Crippen LogP contribution is 2.31. The van der Waals surface area contributed by atoms with E-state index in [1.807, 2.05) is 60.7 Å². The van der Waals surface area contributed by atoms with Gasteiger partial charge in [-0.1, -0.05) is 121 Å². The van der Waals surface area contributed by atoms with Crippen molar-refractivity contribution in [3.8, 4) is 0 Å². The van der Waals surface area contributed by atoms with Crippen LogP contribution >= 0.6 is 0 Å². The molecule has 0 unspecified atom stereocenters. The van der Waals surface area contributed by atoms with Crippen molar-refractivity contribution in [1.29, 1.82) is 0 Å². The van der Waals surface area contributed by atoms with Gasteiger partial charge in [0.15, 0.2) is 0 Å². The normalized spacial score (nSPS) is 14.6. The van der Waals surface area contributed by atoms with Crippen LogP contribution in [0.15, 0.2) is 121 Å². The Hall–Kier alpha value is -3.89. The van der Waals surface area contributed by atoms with Crippen LogP contribution in [0.5, 0.6) is 0 Å². The molecule has 0 saturated carbocycles. The highest BCUT2D eigenvalue weighted by molar-refractivity contribution is 5.69. The van der Waals surface area contributed by atoms with Crippen LogP contribution in [0.1, 0.15) is 47.2 Å². The summed E-state index contributed by atoms with van der Waals surface area (Å²) in [6, 6.07) is 41.3. The molecule has 0 spiro atoms. The first kappa shape index (κ1) is 23.8. The number of piperidine rings is 1. The van der Waals surface area contributed by atoms with Crippen LogP contribution in [0.2, 0.25) is 0 Å². The fraction of sp³-hybridized carbons (Fsp3) is 0.219. The lowest BCUT2D eigenvalue weighted by atomic mass is 9.94. The predicted octanol–water partition coefficient (Wildman–Crippen LogP) is 6.76. The molecule has 4 aromatic rings. The molecular weight excluding hydrogens is 444 g/mol. The molecule has 182 valence electrons. The quantitative estimate of drug-likeness (QED) is 0.321. The van der Waals surface area contributed by atoms with Gasteiger partial charge in [0.2, 0.25) is 0 Å². The molecular formula is C32H32N2O2. The molecule has 1 fully saturated rings. The zero-order valence-electron chi connectivity index (χ0n) is 20.4. The number of likely N-dealkylation sites (tertiary alicyclic amines) is 1. The Balaban J connectivity index is 1.23. The van der Waals surface area contributed by atoms with Crippen molar-refractivity contribution in [3.63, 3.8) is 0 Å². The van der Waals surface area contributed by atoms with Gasteiger partial charge in [-0.3, -0.25) is 4.90 Å². The number of carbonyl (C=O) groups excluding carboxylic acids is 1. The molecule has 0 bridgehead atoms. The first-order chi connectivity index (χ1) is 17.8. The third kappa shape index (κ3) is 5.84. The van der Waals surface area contributed by atoms with E-state index in [-0.39, 0.29) is 24.3 Å². The summed E-state index contributed by atoms with van der Waals surface area (Å²) in [6.45, 7) is 1.74. The molecule has 0 aromatic heterocycles. The number of amides is 1. The van der Waals surface area contributed by atoms with Crippen LogP contribution in [0, 0.1) is 0 Å². The molecule has 1 amide bonds. The lowest BCUT2D eigenvalue weighted by molar-refractivity contribution is 0.0416. The molecule has 4 heteroatoms. The largest absolute Gasteiger partial charge is 0.446 e. The molecule has 1 aliphatic heterocycles. The Bertz CT molecular complexity index is 1130. The molecule has 0 aliphatic carbocycles. The summed E-state index contributed by atoms with van der Waals surface area (Å²) in [4.78, 5) is 15.5. The number of alkyl carbamates (subject to hydrolysis) is 1. The van der Waals surface area contributed by atoms with Crippen LogP contribution in [0.25, 0.3) is 0 Å². The van der Waals surface area contributed by atoms with Gasteiger partial charge in [0.25, 0.3) is 0 Å². The van der Waals surface area contributed by atoms with Gasteiger partial charge in [-0.15, -0.1) is 0 Å². The highest BCUT2D eigenvalue weighted by Gasteiger charge is 2.29. The van der Waals surface area contributed by atoms with E-state index in [0.717, 1.165) is 37.1 Å². The van der Waals surface area contributed by atoms with Crippen LogP contribution < -0.4 is 5.32 Å². The van der Waals surface area contributed by atoms with E-state index in [4.69, 9.17) is 4.74 Å². The third-order valence-electron chi connectivity index (χ3n) is 6.87. The molecule has 1 N–H and O–H groups in total. The number of ether oxygens (including phenoxy) is 1. The number of nitrogens with one attached hydrogen (secondary N) is 1. The van der Waals surface area contributed by atoms with E-state index in [2.05, 4.69) is 70.9 Å². The van der Waals surface area contributed by atoms with Gasteiger partial charge >= 0.3 is 6.09 Å². The molecule has 0 atom stereocenters. The van der Waals surface area contributed by atoms with E-state index in [0.29, 0.717) is 0 Å². The van der Waals surface area contributed by atoms with Crippen molar-refractivity contribution in [2.24, 2.45) is 0 Å². The fourth-order valence-electron chi connectivity index (χ4n) is 5.09. The zero-order valence-corrected chi connectivity index (χ0v) is 20.4. The Kier molecular flexibility index (Phi) is 7.74. The van der Waals surface area contributed by atoms with Crippen LogP contribution in [0.4, 0.5) is 4.79 Å². The number of carbonyl (C=O) groups is 1. The average molecular weight is 477 g/mol. The topological polar surface area (TPSA) is 41.6 Å². The smallest absolute Gasteiger partial charge is 0.408 e. The standard InChI is InChI=1S/C32H32N2O2/c35-32(33-30(25-13-5-1-6-14-25)26-15-7-2-8-16-26)36-29-21-23-34(24-22-29)31(27-17-9-3-10-18-27)28-19-11-4-12-20-28/h1-20,29-31H,21-24H2,(H,33,35). The van der Waals surface area contributed by atoms with Crippen LogP contribution in [-0.2, 0) is 4.74 Å². The number of rotatable bonds is 7. The summed E-state index contributed by atoms with van der Waals surface area (Å²) in [7, 11) is 0. The Morgan fingerprint density at radius 3 is 1.44 bits per heavy atom. The number of benzene rings is 4. The minimum atomic E-state index is -0.367. The summed E-state index contributed by atoms with van der Waals surface area (Å²) in [5, 5.41) is 3.11. The van der Waals surface area contributed by atoms with Gasteiger partial charge in [0.05, 0.1) is 12.1 Å². The SMILES string of the molecule is O=C(NC(c1ccccc1)c1ccccc1)OC1CCN(C(c2ccccc2)c2ccccc2)CC1. The minimum Gasteiger partial charge on any atom is -0.446 e. The third-order valence-corrected chi connectivity index (χ3v) is 6.87. The molecule has 0 radical (unpaired) electrons. The maximum atomic E-state index is 13.0. The van der Waals surface area contributed by atoms with E-state index >= 15 is 0 Å². The number of hydrogen-bond donors (Lipinski definition) is 1. The van der Waals surface area contributed by atoms with Crippen molar-refractivity contribution >= 4 is 6.09 Å². The maximum Gasteiger partial charge on any atom is 0.408 e. The summed E-state index contributed by atoms with van der Waals surface area (Å²) in [5.41, 5.74) is 4.64. The van der Waals surface area contributed by atoms with Gasteiger partial charge in [0.1, 0.15) is 6.10 Å². The second-order valence-corrected chi connectivity index (χ2v) is 9.26. The Morgan fingerprint density at radius 2 is 1.03 bits per heavy atom. The van der Waals surface area contributed by atoms with Crippen molar-refractivity contribution < 1.29 is 9.53 Å². The van der Waals surface area contributed by atoms with Gasteiger partial charge in [0, 0.05) is 13.1 Å². The van der Waals surface area contributed by atoms with Crippen LogP contribution in [-0.4, -0.2) is 30.2 Å². The maximum absolute atomic E-state index is 13.0. The summed E-state index contributed by atoms with van der Waals surface area (Å²) >= 11 is 0. The second kappa shape index (κ2) is 11.7. The van der Waals surface area contributed by atoms with E-state index < -0.39 is 0 Å². The van der Waals surface area contributed by atoms with E-state index in [1.165, 1.54) is 11.1 Å². The predicted molar refractivity (Wildman–Crippen MR) is 144 cm³/mol. The molecule has 1 saturated heterocycles. The molecule has 36 heavy (non-hydrogen) atoms. The van der Waals surface area contributed by atoms with Gasteiger partial charge < -0.3 is 10.1 Å². The van der Waals surface area contributed by atoms with Gasteiger partial charge in [-0.05, 0) is 35.1 Å². The number of nitrogens with zero attached hydrogens (tertiary/aromatic N) is 1. The van der Waals surface area contributed by atoms with Gasteiger partial charge in [-0.2, -0.15) is 0 Å². The van der Waals surface area contributed by atoms with E-state index in [1.54, 1.807) is 0 Å². The fourth-order valence-corrected chi connectivity index (χ4v) is 5.09. The number of hydrogen-bond acceptors (Lipinski definition) is 3. The first-order valence-electron chi connectivity index (χ1n) is 12.7. The lowest BCUT2D eigenvalue weighted by Gasteiger charge is -2.38. The van der Waals surface area contributed by atoms with Gasteiger partial charge in [-0.25, -0.2) is 4.79 Å². The van der Waals surface area contributed by atoms with Crippen molar-refractivity contribution in [1.82, 2.24) is 10.2 Å². The molecule has 4 nitrogen and oxygen atoms in total. The molecule has 1 aliphatic rings. The summed E-state index contributed by atoms with van der Waals surface area (Å²) in [5.74, 6) is 0. The molecule has 1 heterocycles. The Morgan fingerprint density at radius 1 is 0.639 bits per heavy atom. The summed E-state index contributed by atoms with van der Waals surface area (Å²) in [6.07, 6.45) is 1.16. The second-order valence-electron chi connectivity index (χ2n) is 9.26. The lowest BCUT2D eigenvalue weighted by Crippen LogP contribution is -2.42. The van der Waals surface area contributed by atoms with Crippen LogP contribution in [0.3, 0.4) is 0 Å². The molecule has 4 aromatic carbocycles. The monoisotopic (exact) mass is 476 g/mol. The van der Waals surface area contributed by atoms with Crippen molar-refractivity contribution in [2.75, 3.05) is 13.1 Å². The molecule has 5 rings (SSSR count). The van der Waals surface area contributed by atoms with E-state index in [9.17, 15) is 4.79 Å². The first-order valence-corrected chi connectivity index (χ1v) is 12.7. The van der Waals surface area contributed by atoms with Crippen molar-refractivity contribution in [3.05, 3.63) is 144 Å². The summed E-state index contributed by atoms with van der Waals surface area (Å²) < 4.78 is 5.93. The Labute approximate surface area is 213 Å². The minimum absolute atomic E-state index is 0.0966. The van der Waals surface area contributed by atoms with Crippen molar-refractivity contribution in [2.45, 2.75) is 31.0 Å². The zero-order chi connectivity index (χ0) is 24.6. The highest BCUT2D eigenvalue weighted by atomic mass is 16.6. The average Bonchev–Trinajstić information content (AvgIpc) is 2.95.